The predicted molar refractivity (Wildman–Crippen MR) is 85.5 cm³/mol. The van der Waals surface area contributed by atoms with Gasteiger partial charge in [0.15, 0.2) is 0 Å². The average molecular weight is 276 g/mol. The van der Waals surface area contributed by atoms with Crippen molar-refractivity contribution in [3.05, 3.63) is 11.4 Å². The lowest BCUT2D eigenvalue weighted by atomic mass is 10.2. The monoisotopic (exact) mass is 276 g/mol. The zero-order valence-electron chi connectivity index (χ0n) is 13.4. The normalized spacial score (nSPS) is 14.4. The van der Waals surface area contributed by atoms with E-state index in [9.17, 15) is 0 Å². The Balaban J connectivity index is 2.23. The van der Waals surface area contributed by atoms with E-state index in [1.165, 1.54) is 18.4 Å². The minimum absolute atomic E-state index is 0.871. The predicted octanol–water partition coefficient (Wildman–Crippen LogP) is 3.41. The Hall–Kier alpha value is -1.32. The van der Waals surface area contributed by atoms with E-state index in [0.29, 0.717) is 0 Å². The van der Waals surface area contributed by atoms with Gasteiger partial charge in [0.25, 0.3) is 0 Å². The Morgan fingerprint density at radius 2 is 1.95 bits per heavy atom. The molecular formula is C16H28N4. The van der Waals surface area contributed by atoms with Gasteiger partial charge in [-0.25, -0.2) is 9.97 Å². The second-order valence-electron chi connectivity index (χ2n) is 5.94. The fourth-order valence-corrected chi connectivity index (χ4v) is 2.45. The van der Waals surface area contributed by atoms with Crippen LogP contribution in [0.25, 0.3) is 0 Å². The van der Waals surface area contributed by atoms with Gasteiger partial charge in [-0.05, 0) is 38.5 Å². The van der Waals surface area contributed by atoms with Gasteiger partial charge < -0.3 is 10.2 Å². The van der Waals surface area contributed by atoms with E-state index in [0.717, 1.165) is 55.7 Å². The van der Waals surface area contributed by atoms with Gasteiger partial charge in [0.1, 0.15) is 17.5 Å². The van der Waals surface area contributed by atoms with E-state index in [1.54, 1.807) is 0 Å². The van der Waals surface area contributed by atoms with Gasteiger partial charge in [0.05, 0.1) is 0 Å². The van der Waals surface area contributed by atoms with Gasteiger partial charge in [-0.15, -0.1) is 0 Å². The fourth-order valence-electron chi connectivity index (χ4n) is 2.45. The first-order chi connectivity index (χ1) is 9.65. The molecule has 1 fully saturated rings. The lowest BCUT2D eigenvalue weighted by Gasteiger charge is -2.22. The molecule has 112 valence electrons. The quantitative estimate of drug-likeness (QED) is 0.790. The summed E-state index contributed by atoms with van der Waals surface area (Å²) in [5, 5.41) is 3.45. The molecule has 4 nitrogen and oxygen atoms in total. The molecule has 0 aliphatic heterocycles. The number of aromatic nitrogens is 2. The Labute approximate surface area is 123 Å². The highest BCUT2D eigenvalue weighted by molar-refractivity contribution is 5.58. The second-order valence-corrected chi connectivity index (χ2v) is 5.94. The number of rotatable bonds is 8. The van der Waals surface area contributed by atoms with Gasteiger partial charge in [0.2, 0.25) is 0 Å². The first-order valence-electron chi connectivity index (χ1n) is 7.98. The number of aryl methyl sites for hydroxylation is 1. The van der Waals surface area contributed by atoms with Gasteiger partial charge in [-0.1, -0.05) is 13.8 Å². The molecule has 20 heavy (non-hydrogen) atoms. The zero-order valence-corrected chi connectivity index (χ0v) is 13.4. The fraction of sp³-hybridized carbons (Fsp3) is 0.750. The third kappa shape index (κ3) is 3.84. The summed E-state index contributed by atoms with van der Waals surface area (Å²) in [5.74, 6) is 3.96. The van der Waals surface area contributed by atoms with E-state index < -0.39 is 0 Å². The van der Waals surface area contributed by atoms with E-state index in [-0.39, 0.29) is 0 Å². The van der Waals surface area contributed by atoms with E-state index in [1.807, 2.05) is 0 Å². The third-order valence-corrected chi connectivity index (χ3v) is 3.77. The second kappa shape index (κ2) is 6.91. The van der Waals surface area contributed by atoms with Crippen LogP contribution in [-0.2, 0) is 6.42 Å². The van der Waals surface area contributed by atoms with Crippen LogP contribution in [0.4, 0.5) is 11.6 Å². The molecule has 1 aromatic rings. The smallest absolute Gasteiger partial charge is 0.137 e. The minimum atomic E-state index is 0.871. The highest BCUT2D eigenvalue weighted by atomic mass is 15.2. The molecular weight excluding hydrogens is 248 g/mol. The van der Waals surface area contributed by atoms with Crippen LogP contribution in [0, 0.1) is 12.8 Å². The molecule has 1 N–H and O–H groups in total. The summed E-state index contributed by atoms with van der Waals surface area (Å²) >= 11 is 0. The Morgan fingerprint density at radius 3 is 2.55 bits per heavy atom. The molecule has 1 aromatic heterocycles. The molecule has 0 bridgehead atoms. The average Bonchev–Trinajstić information content (AvgIpc) is 3.23. The van der Waals surface area contributed by atoms with Crippen LogP contribution in [-0.4, -0.2) is 30.1 Å². The van der Waals surface area contributed by atoms with Crippen molar-refractivity contribution in [1.29, 1.82) is 0 Å². The van der Waals surface area contributed by atoms with Crippen molar-refractivity contribution < 1.29 is 0 Å². The summed E-state index contributed by atoms with van der Waals surface area (Å²) in [6.45, 7) is 8.57. The maximum Gasteiger partial charge on any atom is 0.137 e. The molecule has 0 atom stereocenters. The molecule has 1 aliphatic rings. The van der Waals surface area contributed by atoms with Crippen molar-refractivity contribution in [2.45, 2.75) is 52.9 Å². The summed E-state index contributed by atoms with van der Waals surface area (Å²) < 4.78 is 0. The lowest BCUT2D eigenvalue weighted by Crippen LogP contribution is -2.24. The molecule has 0 radical (unpaired) electrons. The van der Waals surface area contributed by atoms with Crippen LogP contribution in [0.3, 0.4) is 0 Å². The van der Waals surface area contributed by atoms with E-state index in [4.69, 9.17) is 4.98 Å². The van der Waals surface area contributed by atoms with Crippen molar-refractivity contribution in [2.75, 3.05) is 30.4 Å². The Kier molecular flexibility index (Phi) is 5.21. The zero-order chi connectivity index (χ0) is 14.5. The first kappa shape index (κ1) is 15.1. The van der Waals surface area contributed by atoms with Crippen molar-refractivity contribution in [1.82, 2.24) is 9.97 Å². The molecule has 2 rings (SSSR count). The number of nitrogens with zero attached hydrogens (tertiary/aromatic N) is 3. The minimum Gasteiger partial charge on any atom is -0.370 e. The summed E-state index contributed by atoms with van der Waals surface area (Å²) in [7, 11) is 2.16. The van der Waals surface area contributed by atoms with Crippen LogP contribution in [0.5, 0.6) is 0 Å². The lowest BCUT2D eigenvalue weighted by molar-refractivity contribution is 0.757. The van der Waals surface area contributed by atoms with Crippen LogP contribution in [0.15, 0.2) is 0 Å². The van der Waals surface area contributed by atoms with Gasteiger partial charge >= 0.3 is 0 Å². The summed E-state index contributed by atoms with van der Waals surface area (Å²) in [4.78, 5) is 11.8. The molecule has 1 aliphatic carbocycles. The van der Waals surface area contributed by atoms with Crippen molar-refractivity contribution in [3.63, 3.8) is 0 Å². The van der Waals surface area contributed by atoms with Crippen LogP contribution in [0.2, 0.25) is 0 Å². The van der Waals surface area contributed by atoms with E-state index >= 15 is 0 Å². The van der Waals surface area contributed by atoms with Crippen molar-refractivity contribution >= 4 is 11.6 Å². The SMILES string of the molecule is CCCNc1nc(CCC)nc(N(C)CC2CC2)c1C. The van der Waals surface area contributed by atoms with Crippen molar-refractivity contribution in [3.8, 4) is 0 Å². The topological polar surface area (TPSA) is 41.1 Å². The van der Waals surface area contributed by atoms with Crippen LogP contribution >= 0.6 is 0 Å². The summed E-state index contributed by atoms with van der Waals surface area (Å²) in [5.41, 5.74) is 1.18. The Bertz CT molecular complexity index is 440. The van der Waals surface area contributed by atoms with Crippen LogP contribution < -0.4 is 10.2 Å². The molecule has 1 saturated carbocycles. The summed E-state index contributed by atoms with van der Waals surface area (Å²) in [6, 6.07) is 0. The number of hydrogen-bond acceptors (Lipinski definition) is 4. The van der Waals surface area contributed by atoms with Crippen molar-refractivity contribution in [2.24, 2.45) is 5.92 Å². The van der Waals surface area contributed by atoms with Gasteiger partial charge in [0, 0.05) is 32.1 Å². The molecule has 4 heteroatoms. The summed E-state index contributed by atoms with van der Waals surface area (Å²) in [6.07, 6.45) is 5.89. The maximum absolute atomic E-state index is 4.79. The third-order valence-electron chi connectivity index (χ3n) is 3.77. The number of hydrogen-bond donors (Lipinski definition) is 1. The van der Waals surface area contributed by atoms with Gasteiger partial charge in [-0.2, -0.15) is 0 Å². The molecule has 0 spiro atoms. The first-order valence-corrected chi connectivity index (χ1v) is 7.98. The number of anilines is 2. The molecule has 0 amide bonds. The molecule has 1 heterocycles. The van der Waals surface area contributed by atoms with Gasteiger partial charge in [-0.3, -0.25) is 0 Å². The number of nitrogens with one attached hydrogen (secondary N) is 1. The highest BCUT2D eigenvalue weighted by Crippen LogP contribution is 2.32. The maximum atomic E-state index is 4.79. The highest BCUT2D eigenvalue weighted by Gasteiger charge is 2.24. The standard InChI is InChI=1S/C16H28N4/c1-5-7-14-18-15(17-10-6-2)12(3)16(19-14)20(4)11-13-8-9-13/h13H,5-11H2,1-4H3,(H,17,18,19). The van der Waals surface area contributed by atoms with Crippen LogP contribution in [0.1, 0.15) is 50.9 Å². The Morgan fingerprint density at radius 1 is 1.20 bits per heavy atom. The molecule has 0 saturated heterocycles. The molecule has 0 unspecified atom stereocenters. The molecule has 0 aromatic carbocycles. The largest absolute Gasteiger partial charge is 0.370 e. The van der Waals surface area contributed by atoms with E-state index in [2.05, 4.69) is 43.0 Å².